The number of hydrogen-bond donors (Lipinski definition) is 5. The van der Waals surface area contributed by atoms with Crippen LogP contribution in [0, 0.1) is 5.92 Å². The second kappa shape index (κ2) is 15.0. The first-order valence-electron chi connectivity index (χ1n) is 12.4. The van der Waals surface area contributed by atoms with Crippen molar-refractivity contribution in [1.29, 1.82) is 0 Å². The van der Waals surface area contributed by atoms with Gasteiger partial charge in [0.1, 0.15) is 18.6 Å². The molecule has 0 aliphatic carbocycles. The summed E-state index contributed by atoms with van der Waals surface area (Å²) in [6.07, 6.45) is -3.56. The SMILES string of the molecule is CC(C)C(C=O)N(C)C(=O)OCc1ccc(OC2CC(O)CC(C(=O)O)O2)c(NC(=O)CCNC(=O)CN)c1. The van der Waals surface area contributed by atoms with E-state index in [1.807, 2.05) is 0 Å². The molecule has 6 N–H and O–H groups in total. The summed E-state index contributed by atoms with van der Waals surface area (Å²) >= 11 is 0. The molecule has 1 saturated heterocycles. The molecule has 1 aromatic carbocycles. The van der Waals surface area contributed by atoms with Gasteiger partial charge in [0.05, 0.1) is 24.4 Å². The highest BCUT2D eigenvalue weighted by molar-refractivity contribution is 5.93. The van der Waals surface area contributed by atoms with Crippen LogP contribution in [0.25, 0.3) is 0 Å². The Morgan fingerprint density at radius 3 is 2.56 bits per heavy atom. The number of benzene rings is 1. The molecule has 39 heavy (non-hydrogen) atoms. The molecule has 1 aliphatic rings. The molecule has 4 atom stereocenters. The Balaban J connectivity index is 2.18. The third-order valence-corrected chi connectivity index (χ3v) is 5.90. The number of aliphatic carboxylic acids is 1. The Labute approximate surface area is 225 Å². The number of nitrogens with zero attached hydrogens (tertiary/aromatic N) is 1. The summed E-state index contributed by atoms with van der Waals surface area (Å²) in [5.41, 5.74) is 5.86. The number of nitrogens with one attached hydrogen (secondary N) is 2. The number of nitrogens with two attached hydrogens (primary N) is 1. The van der Waals surface area contributed by atoms with Crippen molar-refractivity contribution in [3.8, 4) is 5.75 Å². The zero-order valence-electron chi connectivity index (χ0n) is 22.1. The largest absolute Gasteiger partial charge is 0.479 e. The van der Waals surface area contributed by atoms with Crippen molar-refractivity contribution in [3.05, 3.63) is 23.8 Å². The molecule has 4 unspecified atom stereocenters. The number of anilines is 1. The number of ether oxygens (including phenoxy) is 3. The van der Waals surface area contributed by atoms with Crippen molar-refractivity contribution >= 4 is 35.9 Å². The van der Waals surface area contributed by atoms with E-state index < -0.39 is 48.4 Å². The number of rotatable bonds is 13. The minimum Gasteiger partial charge on any atom is -0.479 e. The third kappa shape index (κ3) is 9.81. The molecular weight excluding hydrogens is 516 g/mol. The zero-order valence-corrected chi connectivity index (χ0v) is 22.1. The molecule has 1 heterocycles. The Hall–Kier alpha value is -3.75. The molecule has 0 saturated carbocycles. The Bertz CT molecular complexity index is 1030. The van der Waals surface area contributed by atoms with E-state index in [-0.39, 0.29) is 56.3 Å². The molecule has 2 rings (SSSR count). The molecule has 14 nitrogen and oxygen atoms in total. The molecule has 0 bridgehead atoms. The fourth-order valence-corrected chi connectivity index (χ4v) is 3.77. The van der Waals surface area contributed by atoms with Gasteiger partial charge >= 0.3 is 12.1 Å². The predicted molar refractivity (Wildman–Crippen MR) is 137 cm³/mol. The van der Waals surface area contributed by atoms with Gasteiger partial charge in [-0.2, -0.15) is 0 Å². The average molecular weight is 553 g/mol. The smallest absolute Gasteiger partial charge is 0.410 e. The summed E-state index contributed by atoms with van der Waals surface area (Å²) in [5.74, 6) is -2.15. The highest BCUT2D eigenvalue weighted by Crippen LogP contribution is 2.31. The van der Waals surface area contributed by atoms with Gasteiger partial charge in [0.25, 0.3) is 0 Å². The van der Waals surface area contributed by atoms with Crippen molar-refractivity contribution in [1.82, 2.24) is 10.2 Å². The van der Waals surface area contributed by atoms with Crippen LogP contribution in [0.2, 0.25) is 0 Å². The average Bonchev–Trinajstić information content (AvgIpc) is 2.88. The van der Waals surface area contributed by atoms with Crippen molar-refractivity contribution < 1.29 is 48.4 Å². The number of carboxylic acids is 1. The van der Waals surface area contributed by atoms with E-state index in [9.17, 15) is 34.2 Å². The van der Waals surface area contributed by atoms with Crippen LogP contribution in [0.1, 0.15) is 38.7 Å². The Kier molecular flexibility index (Phi) is 12.1. The van der Waals surface area contributed by atoms with E-state index in [1.165, 1.54) is 24.1 Å². The minimum atomic E-state index is -1.26. The van der Waals surface area contributed by atoms with Gasteiger partial charge in [0.2, 0.25) is 18.1 Å². The standard InChI is InChI=1S/C25H36N4O10/c1-14(2)18(12-30)29(3)25(36)37-13-15-4-5-19(38-23-10-16(31)9-20(39-23)24(34)35)17(8-15)28-21(32)6-7-27-22(33)11-26/h4-5,8,12,14,16,18,20,23,31H,6-7,9-11,13,26H2,1-3H3,(H,27,33)(H,28,32)(H,34,35). The van der Waals surface area contributed by atoms with Crippen LogP contribution in [-0.2, 0) is 35.3 Å². The summed E-state index contributed by atoms with van der Waals surface area (Å²) in [6.45, 7) is 3.22. The van der Waals surface area contributed by atoms with Gasteiger partial charge in [-0.05, 0) is 23.6 Å². The number of amides is 3. The number of aldehydes is 1. The normalized spacial score (nSPS) is 19.5. The van der Waals surface area contributed by atoms with Crippen LogP contribution in [0.5, 0.6) is 5.75 Å². The molecule has 0 radical (unpaired) electrons. The van der Waals surface area contributed by atoms with Crippen molar-refractivity contribution in [2.45, 2.75) is 64.3 Å². The summed E-state index contributed by atoms with van der Waals surface area (Å²) in [7, 11) is 1.45. The number of aliphatic hydroxyl groups excluding tert-OH is 1. The maximum atomic E-state index is 12.5. The van der Waals surface area contributed by atoms with Gasteiger partial charge in [-0.3, -0.25) is 9.59 Å². The van der Waals surface area contributed by atoms with Crippen molar-refractivity contribution in [2.24, 2.45) is 11.7 Å². The monoisotopic (exact) mass is 552 g/mol. The molecule has 0 aromatic heterocycles. The van der Waals surface area contributed by atoms with Crippen LogP contribution < -0.4 is 21.1 Å². The summed E-state index contributed by atoms with van der Waals surface area (Å²) < 4.78 is 16.5. The lowest BCUT2D eigenvalue weighted by Gasteiger charge is -2.31. The third-order valence-electron chi connectivity index (χ3n) is 5.90. The van der Waals surface area contributed by atoms with Crippen LogP contribution >= 0.6 is 0 Å². The zero-order chi connectivity index (χ0) is 29.1. The molecule has 1 aromatic rings. The van der Waals surface area contributed by atoms with Crippen molar-refractivity contribution in [3.63, 3.8) is 0 Å². The second-order valence-corrected chi connectivity index (χ2v) is 9.35. The summed E-state index contributed by atoms with van der Waals surface area (Å²) in [5, 5.41) is 24.4. The van der Waals surface area contributed by atoms with E-state index in [0.717, 1.165) is 0 Å². The molecule has 14 heteroatoms. The molecule has 0 spiro atoms. The van der Waals surface area contributed by atoms with Crippen LogP contribution in [-0.4, -0.2) is 90.0 Å². The first-order chi connectivity index (χ1) is 18.4. The highest BCUT2D eigenvalue weighted by atomic mass is 16.7. The van der Waals surface area contributed by atoms with Gasteiger partial charge in [-0.15, -0.1) is 0 Å². The number of carbonyl (C=O) groups is 5. The fourth-order valence-electron chi connectivity index (χ4n) is 3.77. The molecular formula is C25H36N4O10. The van der Waals surface area contributed by atoms with Gasteiger partial charge in [0, 0.05) is 32.9 Å². The Morgan fingerprint density at radius 2 is 1.95 bits per heavy atom. The lowest BCUT2D eigenvalue weighted by atomic mass is 10.1. The van der Waals surface area contributed by atoms with Gasteiger partial charge in [-0.1, -0.05) is 19.9 Å². The number of likely N-dealkylation sites (N-methyl/N-ethyl adjacent to an activating group) is 1. The van der Waals surface area contributed by atoms with E-state index >= 15 is 0 Å². The first-order valence-corrected chi connectivity index (χ1v) is 12.4. The number of hydrogen-bond acceptors (Lipinski definition) is 10. The van der Waals surface area contributed by atoms with E-state index in [2.05, 4.69) is 10.6 Å². The first kappa shape index (κ1) is 31.5. The van der Waals surface area contributed by atoms with Gasteiger partial charge < -0.3 is 50.5 Å². The second-order valence-electron chi connectivity index (χ2n) is 9.35. The summed E-state index contributed by atoms with van der Waals surface area (Å²) in [6, 6.07) is 3.87. The number of aliphatic hydroxyl groups is 1. The number of carboxylic acid groups (broad SMARTS) is 1. The van der Waals surface area contributed by atoms with E-state index in [1.54, 1.807) is 19.9 Å². The van der Waals surface area contributed by atoms with E-state index in [0.29, 0.717) is 11.8 Å². The lowest BCUT2D eigenvalue weighted by molar-refractivity contribution is -0.195. The van der Waals surface area contributed by atoms with Crippen molar-refractivity contribution in [2.75, 3.05) is 25.5 Å². The maximum Gasteiger partial charge on any atom is 0.410 e. The topological polar surface area (TPSA) is 207 Å². The molecule has 3 amide bonds. The highest BCUT2D eigenvalue weighted by Gasteiger charge is 2.34. The minimum absolute atomic E-state index is 0.00172. The lowest BCUT2D eigenvalue weighted by Crippen LogP contribution is -2.42. The molecule has 1 fully saturated rings. The quantitative estimate of drug-likeness (QED) is 0.209. The van der Waals surface area contributed by atoms with Crippen LogP contribution in [0.4, 0.5) is 10.5 Å². The number of carbonyl (C=O) groups excluding carboxylic acids is 4. The Morgan fingerprint density at radius 1 is 1.23 bits per heavy atom. The maximum absolute atomic E-state index is 12.5. The molecule has 216 valence electrons. The van der Waals surface area contributed by atoms with E-state index in [4.69, 9.17) is 19.9 Å². The summed E-state index contributed by atoms with van der Waals surface area (Å²) in [4.78, 5) is 60.2. The van der Waals surface area contributed by atoms with Gasteiger partial charge in [-0.25, -0.2) is 9.59 Å². The predicted octanol–water partition coefficient (Wildman–Crippen LogP) is 0.211. The fraction of sp³-hybridized carbons (Fsp3) is 0.560. The molecule has 1 aliphatic heterocycles. The van der Waals surface area contributed by atoms with Gasteiger partial charge in [0.15, 0.2) is 6.10 Å². The van der Waals surface area contributed by atoms with Crippen LogP contribution in [0.3, 0.4) is 0 Å². The van der Waals surface area contributed by atoms with Crippen LogP contribution in [0.15, 0.2) is 18.2 Å².